The highest BCUT2D eigenvalue weighted by atomic mass is 16.5. The molecule has 0 amide bonds. The van der Waals surface area contributed by atoms with Gasteiger partial charge in [0.25, 0.3) is 0 Å². The number of hydrogen-bond acceptors (Lipinski definition) is 4. The highest BCUT2D eigenvalue weighted by Gasteiger charge is 2.35. The Hall–Kier alpha value is -0.160. The lowest BCUT2D eigenvalue weighted by molar-refractivity contribution is -0.104. The van der Waals surface area contributed by atoms with Crippen LogP contribution in [0.4, 0.5) is 0 Å². The summed E-state index contributed by atoms with van der Waals surface area (Å²) in [5, 5.41) is 16.9. The van der Waals surface area contributed by atoms with Gasteiger partial charge in [0, 0.05) is 14.2 Å². The summed E-state index contributed by atoms with van der Waals surface area (Å²) in [5.41, 5.74) is -0.139. The van der Waals surface area contributed by atoms with Crippen molar-refractivity contribution in [3.8, 4) is 0 Å². The zero-order valence-corrected chi connectivity index (χ0v) is 11.3. The first-order valence-corrected chi connectivity index (χ1v) is 5.94. The molecule has 16 heavy (non-hydrogen) atoms. The van der Waals surface area contributed by atoms with Crippen molar-refractivity contribution in [3.05, 3.63) is 0 Å². The predicted octanol–water partition coefficient (Wildman–Crippen LogP) is 1.59. The Balaban J connectivity index is 0. The average molecular weight is 236 g/mol. The van der Waals surface area contributed by atoms with Gasteiger partial charge in [0.15, 0.2) is 0 Å². The average Bonchev–Trinajstić information content (AvgIpc) is 2.31. The standard InChI is InChI=1S/C6H12O2.C4H10O2.C2H6/c1-8-6(5-7)3-2-4-6;1-4(3-5)6-2;1-2/h7H,2-5H2,1H3;4-5H,3H2,1-2H3;1-2H3. The number of hydrogen-bond donors (Lipinski definition) is 2. The van der Waals surface area contributed by atoms with Crippen LogP contribution in [-0.2, 0) is 9.47 Å². The number of rotatable bonds is 4. The molecule has 0 radical (unpaired) electrons. The van der Waals surface area contributed by atoms with E-state index in [1.807, 2.05) is 13.8 Å². The summed E-state index contributed by atoms with van der Waals surface area (Å²) in [7, 11) is 3.23. The van der Waals surface area contributed by atoms with Gasteiger partial charge in [-0.25, -0.2) is 0 Å². The number of aliphatic hydroxyl groups is 2. The zero-order valence-electron chi connectivity index (χ0n) is 11.3. The Bertz CT molecular complexity index is 117. The van der Waals surface area contributed by atoms with Gasteiger partial charge in [-0.3, -0.25) is 0 Å². The number of methoxy groups -OCH3 is 2. The molecule has 4 heteroatoms. The summed E-state index contributed by atoms with van der Waals surface area (Å²) < 4.78 is 9.72. The molecule has 0 aliphatic heterocycles. The molecule has 1 atom stereocenters. The van der Waals surface area contributed by atoms with E-state index >= 15 is 0 Å². The van der Waals surface area contributed by atoms with E-state index < -0.39 is 0 Å². The molecule has 1 aliphatic rings. The molecule has 1 unspecified atom stereocenters. The van der Waals surface area contributed by atoms with Gasteiger partial charge < -0.3 is 19.7 Å². The quantitative estimate of drug-likeness (QED) is 0.778. The van der Waals surface area contributed by atoms with Crippen LogP contribution in [-0.4, -0.2) is 49.4 Å². The topological polar surface area (TPSA) is 58.9 Å². The van der Waals surface area contributed by atoms with Crippen molar-refractivity contribution in [1.82, 2.24) is 0 Å². The van der Waals surface area contributed by atoms with E-state index in [0.29, 0.717) is 0 Å². The second-order valence-corrected chi connectivity index (χ2v) is 3.63. The van der Waals surface area contributed by atoms with Crippen LogP contribution in [0.2, 0.25) is 0 Å². The van der Waals surface area contributed by atoms with Crippen molar-refractivity contribution in [2.45, 2.75) is 51.7 Å². The van der Waals surface area contributed by atoms with Crippen molar-refractivity contribution in [1.29, 1.82) is 0 Å². The van der Waals surface area contributed by atoms with Crippen LogP contribution in [0.15, 0.2) is 0 Å². The van der Waals surface area contributed by atoms with E-state index in [-0.39, 0.29) is 24.9 Å². The fourth-order valence-corrected chi connectivity index (χ4v) is 1.07. The lowest BCUT2D eigenvalue weighted by atomic mass is 9.81. The lowest BCUT2D eigenvalue weighted by Gasteiger charge is -2.38. The second-order valence-electron chi connectivity index (χ2n) is 3.63. The molecule has 4 nitrogen and oxygen atoms in total. The SMILES string of the molecule is CC.COC(C)CO.COC1(CO)CCC1. The molecule has 0 aromatic heterocycles. The van der Waals surface area contributed by atoms with Crippen LogP contribution in [0, 0.1) is 0 Å². The smallest absolute Gasteiger partial charge is 0.0908 e. The summed E-state index contributed by atoms with van der Waals surface area (Å²) >= 11 is 0. The molecular weight excluding hydrogens is 208 g/mol. The summed E-state index contributed by atoms with van der Waals surface area (Å²) in [5.74, 6) is 0. The normalized spacial score (nSPS) is 18.2. The lowest BCUT2D eigenvalue weighted by Crippen LogP contribution is -2.42. The first kappa shape index (κ1) is 18.2. The van der Waals surface area contributed by atoms with Crippen molar-refractivity contribution in [3.63, 3.8) is 0 Å². The fourth-order valence-electron chi connectivity index (χ4n) is 1.07. The summed E-state index contributed by atoms with van der Waals surface area (Å²) in [6.45, 7) is 6.10. The fraction of sp³-hybridized carbons (Fsp3) is 1.00. The molecule has 0 aromatic rings. The van der Waals surface area contributed by atoms with Gasteiger partial charge >= 0.3 is 0 Å². The van der Waals surface area contributed by atoms with Gasteiger partial charge in [-0.2, -0.15) is 0 Å². The Morgan fingerprint density at radius 2 is 1.69 bits per heavy atom. The van der Waals surface area contributed by atoms with Gasteiger partial charge in [-0.1, -0.05) is 13.8 Å². The predicted molar refractivity (Wildman–Crippen MR) is 65.6 cm³/mol. The molecule has 1 rings (SSSR count). The van der Waals surface area contributed by atoms with Gasteiger partial charge in [0.05, 0.1) is 24.9 Å². The highest BCUT2D eigenvalue weighted by molar-refractivity contribution is 4.88. The van der Waals surface area contributed by atoms with E-state index in [2.05, 4.69) is 4.74 Å². The minimum Gasteiger partial charge on any atom is -0.394 e. The Morgan fingerprint density at radius 1 is 1.19 bits per heavy atom. The van der Waals surface area contributed by atoms with Crippen molar-refractivity contribution in [2.24, 2.45) is 0 Å². The van der Waals surface area contributed by atoms with E-state index in [1.54, 1.807) is 21.1 Å². The number of ether oxygens (including phenoxy) is 2. The van der Waals surface area contributed by atoms with Crippen LogP contribution in [0.1, 0.15) is 40.0 Å². The Labute approximate surface area is 99.6 Å². The zero-order chi connectivity index (χ0) is 13.0. The third-order valence-corrected chi connectivity index (χ3v) is 2.65. The molecule has 1 aliphatic carbocycles. The maximum absolute atomic E-state index is 8.71. The third kappa shape index (κ3) is 7.17. The van der Waals surface area contributed by atoms with Crippen molar-refractivity contribution >= 4 is 0 Å². The first-order valence-electron chi connectivity index (χ1n) is 5.94. The molecule has 0 heterocycles. The molecular formula is C12H28O4. The molecule has 0 saturated heterocycles. The Kier molecular flexibility index (Phi) is 12.9. The summed E-state index contributed by atoms with van der Waals surface area (Å²) in [4.78, 5) is 0. The molecule has 0 bridgehead atoms. The van der Waals surface area contributed by atoms with E-state index in [4.69, 9.17) is 14.9 Å². The van der Waals surface area contributed by atoms with Gasteiger partial charge in [-0.15, -0.1) is 0 Å². The first-order chi connectivity index (χ1) is 7.64. The van der Waals surface area contributed by atoms with Crippen LogP contribution in [0.3, 0.4) is 0 Å². The monoisotopic (exact) mass is 236 g/mol. The van der Waals surface area contributed by atoms with Crippen LogP contribution in [0.5, 0.6) is 0 Å². The molecule has 100 valence electrons. The molecule has 0 spiro atoms. The minimum absolute atomic E-state index is 0.00926. The van der Waals surface area contributed by atoms with Crippen LogP contribution >= 0.6 is 0 Å². The van der Waals surface area contributed by atoms with Gasteiger partial charge in [0.1, 0.15) is 0 Å². The number of aliphatic hydroxyl groups excluding tert-OH is 2. The van der Waals surface area contributed by atoms with Crippen LogP contribution in [0.25, 0.3) is 0 Å². The molecule has 2 N–H and O–H groups in total. The van der Waals surface area contributed by atoms with Gasteiger partial charge in [0.2, 0.25) is 0 Å². The second kappa shape index (κ2) is 11.3. The molecule has 1 fully saturated rings. The van der Waals surface area contributed by atoms with Gasteiger partial charge in [-0.05, 0) is 26.2 Å². The van der Waals surface area contributed by atoms with Crippen LogP contribution < -0.4 is 0 Å². The largest absolute Gasteiger partial charge is 0.394 e. The van der Waals surface area contributed by atoms with Crippen molar-refractivity contribution in [2.75, 3.05) is 27.4 Å². The van der Waals surface area contributed by atoms with E-state index in [9.17, 15) is 0 Å². The maximum Gasteiger partial charge on any atom is 0.0908 e. The summed E-state index contributed by atoms with van der Waals surface area (Å²) in [6.07, 6.45) is 3.25. The minimum atomic E-state index is -0.139. The maximum atomic E-state index is 8.71. The highest BCUT2D eigenvalue weighted by Crippen LogP contribution is 2.33. The van der Waals surface area contributed by atoms with E-state index in [1.165, 1.54) is 6.42 Å². The molecule has 1 saturated carbocycles. The molecule has 0 aromatic carbocycles. The third-order valence-electron chi connectivity index (χ3n) is 2.65. The van der Waals surface area contributed by atoms with Crippen molar-refractivity contribution < 1.29 is 19.7 Å². The van der Waals surface area contributed by atoms with E-state index in [0.717, 1.165) is 12.8 Å². The Morgan fingerprint density at radius 3 is 1.69 bits per heavy atom. The summed E-state index contributed by atoms with van der Waals surface area (Å²) in [6, 6.07) is 0.